The van der Waals surface area contributed by atoms with Gasteiger partial charge in [0.15, 0.2) is 6.61 Å². The minimum Gasteiger partial charge on any atom is -0.484 e. The van der Waals surface area contributed by atoms with Crippen LogP contribution in [0.5, 0.6) is 5.75 Å². The Labute approximate surface area is 154 Å². The van der Waals surface area contributed by atoms with E-state index in [-0.39, 0.29) is 18.4 Å². The lowest BCUT2D eigenvalue weighted by molar-refractivity contribution is -0.135. The number of hydrogen-bond donors (Lipinski definition) is 1. The third-order valence-corrected chi connectivity index (χ3v) is 5.47. The second-order valence-electron chi connectivity index (χ2n) is 7.57. The normalized spacial score (nSPS) is 19.9. The highest BCUT2D eigenvalue weighted by Gasteiger charge is 2.26. The Morgan fingerprint density at radius 1 is 1.08 bits per heavy atom. The van der Waals surface area contributed by atoms with E-state index in [0.29, 0.717) is 25.7 Å². The molecule has 3 aliphatic rings. The molecule has 0 atom stereocenters. The Morgan fingerprint density at radius 2 is 1.85 bits per heavy atom. The van der Waals surface area contributed by atoms with Gasteiger partial charge < -0.3 is 15.0 Å². The van der Waals surface area contributed by atoms with Crippen molar-refractivity contribution in [2.75, 3.05) is 39.3 Å². The Hall–Kier alpha value is -2.08. The molecule has 1 aromatic rings. The van der Waals surface area contributed by atoms with E-state index in [9.17, 15) is 9.59 Å². The van der Waals surface area contributed by atoms with E-state index in [2.05, 4.69) is 22.3 Å². The predicted octanol–water partition coefficient (Wildman–Crippen LogP) is 0.977. The van der Waals surface area contributed by atoms with Crippen molar-refractivity contribution < 1.29 is 14.3 Å². The zero-order valence-corrected chi connectivity index (χ0v) is 15.2. The van der Waals surface area contributed by atoms with Crippen LogP contribution in [0, 0.1) is 0 Å². The van der Waals surface area contributed by atoms with Gasteiger partial charge in [0.1, 0.15) is 5.75 Å². The molecule has 4 rings (SSSR count). The number of hydrogen-bond acceptors (Lipinski definition) is 4. The number of rotatable bonds is 6. The largest absolute Gasteiger partial charge is 0.484 e. The Morgan fingerprint density at radius 3 is 2.62 bits per heavy atom. The first-order chi connectivity index (χ1) is 12.7. The average Bonchev–Trinajstić information content (AvgIpc) is 3.33. The summed E-state index contributed by atoms with van der Waals surface area (Å²) in [6.45, 7) is 3.31. The lowest BCUT2D eigenvalue weighted by Gasteiger charge is -2.34. The molecule has 26 heavy (non-hydrogen) atoms. The van der Waals surface area contributed by atoms with E-state index in [4.69, 9.17) is 4.74 Å². The first-order valence-electron chi connectivity index (χ1n) is 9.71. The van der Waals surface area contributed by atoms with Crippen LogP contribution >= 0.6 is 0 Å². The number of aryl methyl sites for hydroxylation is 2. The molecule has 1 N–H and O–H groups in total. The molecule has 0 aromatic heterocycles. The summed E-state index contributed by atoms with van der Waals surface area (Å²) in [6.07, 6.45) is 5.69. The molecule has 0 spiro atoms. The lowest BCUT2D eigenvalue weighted by Crippen LogP contribution is -2.52. The summed E-state index contributed by atoms with van der Waals surface area (Å²) in [6, 6.07) is 6.56. The first kappa shape index (κ1) is 17.3. The monoisotopic (exact) mass is 357 g/mol. The quantitative estimate of drug-likeness (QED) is 0.824. The molecule has 0 radical (unpaired) electrons. The van der Waals surface area contributed by atoms with Crippen molar-refractivity contribution in [3.05, 3.63) is 29.3 Å². The summed E-state index contributed by atoms with van der Waals surface area (Å²) in [7, 11) is 0. The number of ether oxygens (including phenoxy) is 1. The van der Waals surface area contributed by atoms with Crippen LogP contribution in [0.1, 0.15) is 30.4 Å². The fraction of sp³-hybridized carbons (Fsp3) is 0.600. The number of carbonyl (C=O) groups is 2. The molecule has 1 aliphatic heterocycles. The SMILES string of the molecule is O=C(CN1CCN(C(=O)COc2ccc3c(c2)CCC3)CC1)NC1CC1. The van der Waals surface area contributed by atoms with Crippen LogP contribution in [-0.2, 0) is 22.4 Å². The molecule has 0 bridgehead atoms. The molecular formula is C20H27N3O3. The van der Waals surface area contributed by atoms with Crippen LogP contribution in [0.3, 0.4) is 0 Å². The van der Waals surface area contributed by atoms with Gasteiger partial charge in [-0.25, -0.2) is 0 Å². The van der Waals surface area contributed by atoms with Gasteiger partial charge in [-0.05, 0) is 55.4 Å². The van der Waals surface area contributed by atoms with Gasteiger partial charge in [-0.15, -0.1) is 0 Å². The van der Waals surface area contributed by atoms with Crippen molar-refractivity contribution in [3.8, 4) is 5.75 Å². The van der Waals surface area contributed by atoms with Crippen LogP contribution in [0.25, 0.3) is 0 Å². The lowest BCUT2D eigenvalue weighted by atomic mass is 10.1. The number of carbonyl (C=O) groups excluding carboxylic acids is 2. The molecule has 1 saturated carbocycles. The van der Waals surface area contributed by atoms with Crippen molar-refractivity contribution in [1.82, 2.24) is 15.1 Å². The zero-order valence-electron chi connectivity index (χ0n) is 15.2. The summed E-state index contributed by atoms with van der Waals surface area (Å²) >= 11 is 0. The maximum Gasteiger partial charge on any atom is 0.260 e. The van der Waals surface area contributed by atoms with Crippen LogP contribution in [-0.4, -0.2) is 67.0 Å². The van der Waals surface area contributed by atoms with E-state index in [1.165, 1.54) is 17.5 Å². The minimum atomic E-state index is 0.0209. The van der Waals surface area contributed by atoms with Crippen molar-refractivity contribution in [2.45, 2.75) is 38.1 Å². The van der Waals surface area contributed by atoms with Crippen LogP contribution in [0.4, 0.5) is 0 Å². The number of amides is 2. The van der Waals surface area contributed by atoms with Gasteiger partial charge in [-0.1, -0.05) is 6.07 Å². The molecule has 6 heteroatoms. The summed E-state index contributed by atoms with van der Waals surface area (Å²) in [5, 5.41) is 3.01. The molecule has 1 heterocycles. The van der Waals surface area contributed by atoms with Gasteiger partial charge in [0.05, 0.1) is 6.54 Å². The Kier molecular flexibility index (Phi) is 5.11. The third kappa shape index (κ3) is 4.36. The number of nitrogens with one attached hydrogen (secondary N) is 1. The fourth-order valence-electron chi connectivity index (χ4n) is 3.73. The minimum absolute atomic E-state index is 0.0209. The van der Waals surface area contributed by atoms with Crippen molar-refractivity contribution in [3.63, 3.8) is 0 Å². The van der Waals surface area contributed by atoms with E-state index >= 15 is 0 Å². The van der Waals surface area contributed by atoms with Gasteiger partial charge in [0, 0.05) is 32.2 Å². The van der Waals surface area contributed by atoms with Gasteiger partial charge in [0.2, 0.25) is 5.91 Å². The molecule has 140 valence electrons. The van der Waals surface area contributed by atoms with Gasteiger partial charge in [0.25, 0.3) is 5.91 Å². The summed E-state index contributed by atoms with van der Waals surface area (Å²) in [4.78, 5) is 28.2. The Balaban J connectivity index is 1.19. The van der Waals surface area contributed by atoms with Gasteiger partial charge in [-0.2, -0.15) is 0 Å². The number of piperazine rings is 1. The maximum atomic E-state index is 12.4. The fourth-order valence-corrected chi connectivity index (χ4v) is 3.73. The molecule has 2 aliphatic carbocycles. The summed E-state index contributed by atoms with van der Waals surface area (Å²) < 4.78 is 5.72. The first-order valence-corrected chi connectivity index (χ1v) is 9.71. The van der Waals surface area contributed by atoms with E-state index in [1.54, 1.807) is 0 Å². The van der Waals surface area contributed by atoms with E-state index in [0.717, 1.165) is 44.5 Å². The predicted molar refractivity (Wildman–Crippen MR) is 98.1 cm³/mol. The molecule has 2 amide bonds. The molecular weight excluding hydrogens is 330 g/mol. The smallest absolute Gasteiger partial charge is 0.260 e. The Bertz CT molecular complexity index is 679. The highest BCUT2D eigenvalue weighted by molar-refractivity contribution is 5.79. The number of benzene rings is 1. The second kappa shape index (κ2) is 7.66. The third-order valence-electron chi connectivity index (χ3n) is 5.47. The average molecular weight is 357 g/mol. The standard InChI is InChI=1S/C20H27N3O3/c24-19(21-17-5-6-17)13-22-8-10-23(11-9-22)20(25)14-26-18-7-4-15-2-1-3-16(15)12-18/h4,7,12,17H,1-3,5-6,8-11,13-14H2,(H,21,24). The topological polar surface area (TPSA) is 61.9 Å². The molecule has 6 nitrogen and oxygen atoms in total. The van der Waals surface area contributed by atoms with Crippen LogP contribution < -0.4 is 10.1 Å². The molecule has 0 unspecified atom stereocenters. The van der Waals surface area contributed by atoms with Crippen LogP contribution in [0.2, 0.25) is 0 Å². The van der Waals surface area contributed by atoms with E-state index < -0.39 is 0 Å². The highest BCUT2D eigenvalue weighted by atomic mass is 16.5. The van der Waals surface area contributed by atoms with E-state index in [1.807, 2.05) is 11.0 Å². The zero-order chi connectivity index (χ0) is 17.9. The number of nitrogens with zero attached hydrogens (tertiary/aromatic N) is 2. The van der Waals surface area contributed by atoms with Crippen molar-refractivity contribution in [1.29, 1.82) is 0 Å². The summed E-state index contributed by atoms with van der Waals surface area (Å²) in [5.74, 6) is 0.911. The van der Waals surface area contributed by atoms with Crippen molar-refractivity contribution in [2.24, 2.45) is 0 Å². The molecule has 2 fully saturated rings. The van der Waals surface area contributed by atoms with Crippen LogP contribution in [0.15, 0.2) is 18.2 Å². The van der Waals surface area contributed by atoms with Gasteiger partial charge in [-0.3, -0.25) is 14.5 Å². The highest BCUT2D eigenvalue weighted by Crippen LogP contribution is 2.26. The molecule has 1 saturated heterocycles. The van der Waals surface area contributed by atoms with Crippen molar-refractivity contribution >= 4 is 11.8 Å². The van der Waals surface area contributed by atoms with Gasteiger partial charge >= 0.3 is 0 Å². The number of fused-ring (bicyclic) bond motifs is 1. The molecule has 1 aromatic carbocycles. The second-order valence-corrected chi connectivity index (χ2v) is 7.57. The maximum absolute atomic E-state index is 12.4. The summed E-state index contributed by atoms with van der Waals surface area (Å²) in [5.41, 5.74) is 2.76.